The Balaban J connectivity index is 2.02. The lowest BCUT2D eigenvalue weighted by atomic mass is 9.91. The Hall–Kier alpha value is -2.63. The normalized spacial score (nSPS) is 11.2. The van der Waals surface area contributed by atoms with E-state index in [0.717, 1.165) is 5.75 Å². The fraction of sp³-hybridized carbons (Fsp3) is 0.389. The summed E-state index contributed by atoms with van der Waals surface area (Å²) < 4.78 is 5.58. The van der Waals surface area contributed by atoms with Gasteiger partial charge in [0.25, 0.3) is 5.91 Å². The van der Waals surface area contributed by atoms with Crippen LogP contribution in [0.2, 0.25) is 0 Å². The minimum atomic E-state index is -0.514. The molecular weight excluding hydrogens is 306 g/mol. The minimum Gasteiger partial charge on any atom is -0.492 e. The molecule has 2 rings (SSSR count). The van der Waals surface area contributed by atoms with Gasteiger partial charge in [-0.15, -0.1) is 0 Å². The summed E-state index contributed by atoms with van der Waals surface area (Å²) in [5.41, 5.74) is 0.0388. The number of likely N-dealkylation sites (N-methyl/N-ethyl adjacent to an activating group) is 1. The summed E-state index contributed by atoms with van der Waals surface area (Å²) in [6.45, 7) is 6.65. The molecule has 0 unspecified atom stereocenters. The number of para-hydroxylation sites is 1. The van der Waals surface area contributed by atoms with E-state index in [-0.39, 0.29) is 17.0 Å². The third-order valence-corrected chi connectivity index (χ3v) is 3.56. The molecule has 6 nitrogen and oxygen atoms in total. The van der Waals surface area contributed by atoms with E-state index >= 15 is 0 Å². The molecule has 2 aromatic rings. The SMILES string of the molecule is CN(CCOc1ccccc1)C(=O)c1cc(C(C)(C)C)[nH]c(=O)n1. The van der Waals surface area contributed by atoms with Gasteiger partial charge >= 0.3 is 5.69 Å². The first-order valence-corrected chi connectivity index (χ1v) is 7.82. The van der Waals surface area contributed by atoms with E-state index in [0.29, 0.717) is 18.8 Å². The number of ether oxygens (including phenoxy) is 1. The zero-order chi connectivity index (χ0) is 17.7. The number of nitrogens with one attached hydrogen (secondary N) is 1. The van der Waals surface area contributed by atoms with Crippen molar-refractivity contribution in [3.8, 4) is 5.75 Å². The first-order chi connectivity index (χ1) is 11.3. The summed E-state index contributed by atoms with van der Waals surface area (Å²) in [4.78, 5) is 32.2. The molecule has 0 radical (unpaired) electrons. The highest BCUT2D eigenvalue weighted by Gasteiger charge is 2.20. The van der Waals surface area contributed by atoms with Gasteiger partial charge in [-0.3, -0.25) is 4.79 Å². The number of carbonyl (C=O) groups excluding carboxylic acids is 1. The molecule has 0 aliphatic rings. The van der Waals surface area contributed by atoms with E-state index in [9.17, 15) is 9.59 Å². The molecule has 0 fully saturated rings. The standard InChI is InChI=1S/C18H23N3O3/c1-18(2,3)15-12-14(19-17(23)20-15)16(22)21(4)10-11-24-13-8-6-5-7-9-13/h5-9,12H,10-11H2,1-4H3,(H,19,20,23). The zero-order valence-electron chi connectivity index (χ0n) is 14.5. The Morgan fingerprint density at radius 1 is 1.25 bits per heavy atom. The van der Waals surface area contributed by atoms with Crippen LogP contribution >= 0.6 is 0 Å². The number of carbonyl (C=O) groups is 1. The van der Waals surface area contributed by atoms with Crippen molar-refractivity contribution in [2.75, 3.05) is 20.2 Å². The molecule has 6 heteroatoms. The predicted octanol–water partition coefficient (Wildman–Crippen LogP) is 2.22. The van der Waals surface area contributed by atoms with Crippen LogP contribution in [0.25, 0.3) is 0 Å². The van der Waals surface area contributed by atoms with Crippen molar-refractivity contribution in [3.63, 3.8) is 0 Å². The van der Waals surface area contributed by atoms with E-state index < -0.39 is 5.69 Å². The summed E-state index contributed by atoms with van der Waals surface area (Å²) in [7, 11) is 1.66. The fourth-order valence-corrected chi connectivity index (χ4v) is 2.09. The van der Waals surface area contributed by atoms with Crippen LogP contribution in [0.3, 0.4) is 0 Å². The van der Waals surface area contributed by atoms with Crippen molar-refractivity contribution < 1.29 is 9.53 Å². The Morgan fingerprint density at radius 3 is 2.54 bits per heavy atom. The quantitative estimate of drug-likeness (QED) is 0.912. The van der Waals surface area contributed by atoms with Gasteiger partial charge in [-0.1, -0.05) is 39.0 Å². The van der Waals surface area contributed by atoms with E-state index in [1.165, 1.54) is 4.90 Å². The molecule has 1 aromatic carbocycles. The zero-order valence-corrected chi connectivity index (χ0v) is 14.5. The number of hydrogen-bond donors (Lipinski definition) is 1. The first kappa shape index (κ1) is 17.7. The average molecular weight is 329 g/mol. The van der Waals surface area contributed by atoms with Gasteiger partial charge in [-0.05, 0) is 18.2 Å². The number of rotatable bonds is 5. The maximum absolute atomic E-state index is 12.5. The third-order valence-electron chi connectivity index (χ3n) is 3.56. The Morgan fingerprint density at radius 2 is 1.92 bits per heavy atom. The van der Waals surface area contributed by atoms with Gasteiger partial charge in [0.15, 0.2) is 0 Å². The number of nitrogens with zero attached hydrogens (tertiary/aromatic N) is 2. The number of benzene rings is 1. The van der Waals surface area contributed by atoms with Gasteiger partial charge in [0, 0.05) is 18.2 Å². The highest BCUT2D eigenvalue weighted by molar-refractivity contribution is 5.92. The van der Waals surface area contributed by atoms with E-state index in [1.54, 1.807) is 13.1 Å². The average Bonchev–Trinajstić information content (AvgIpc) is 2.53. The van der Waals surface area contributed by atoms with Crippen LogP contribution in [-0.4, -0.2) is 41.0 Å². The number of aromatic nitrogens is 2. The molecule has 1 amide bonds. The maximum Gasteiger partial charge on any atom is 0.345 e. The summed E-state index contributed by atoms with van der Waals surface area (Å²) in [6.07, 6.45) is 0. The van der Waals surface area contributed by atoms with Crippen molar-refractivity contribution in [1.82, 2.24) is 14.9 Å². The fourth-order valence-electron chi connectivity index (χ4n) is 2.09. The molecule has 0 atom stereocenters. The molecular formula is C18H23N3O3. The van der Waals surface area contributed by atoms with Crippen LogP contribution in [0.15, 0.2) is 41.2 Å². The lowest BCUT2D eigenvalue weighted by Crippen LogP contribution is -2.34. The second-order valence-corrected chi connectivity index (χ2v) is 6.62. The number of aromatic amines is 1. The van der Waals surface area contributed by atoms with Crippen molar-refractivity contribution in [1.29, 1.82) is 0 Å². The number of amides is 1. The lowest BCUT2D eigenvalue weighted by Gasteiger charge is -2.20. The molecule has 128 valence electrons. The van der Waals surface area contributed by atoms with Crippen LogP contribution in [0.5, 0.6) is 5.75 Å². The van der Waals surface area contributed by atoms with Crippen LogP contribution in [0, 0.1) is 0 Å². The molecule has 24 heavy (non-hydrogen) atoms. The van der Waals surface area contributed by atoms with Crippen LogP contribution in [0.1, 0.15) is 37.0 Å². The molecule has 1 aromatic heterocycles. The van der Waals surface area contributed by atoms with E-state index in [2.05, 4.69) is 9.97 Å². The molecule has 0 aliphatic carbocycles. The number of H-pyrrole nitrogens is 1. The molecule has 0 saturated heterocycles. The molecule has 0 spiro atoms. The van der Waals surface area contributed by atoms with Gasteiger partial charge in [-0.2, -0.15) is 4.98 Å². The van der Waals surface area contributed by atoms with Gasteiger partial charge in [0.1, 0.15) is 18.1 Å². The van der Waals surface area contributed by atoms with Crippen LogP contribution in [0.4, 0.5) is 0 Å². The second-order valence-electron chi connectivity index (χ2n) is 6.62. The smallest absolute Gasteiger partial charge is 0.345 e. The highest BCUT2D eigenvalue weighted by Crippen LogP contribution is 2.19. The van der Waals surface area contributed by atoms with Gasteiger partial charge in [0.05, 0.1) is 6.54 Å². The van der Waals surface area contributed by atoms with Gasteiger partial charge < -0.3 is 14.6 Å². The monoisotopic (exact) mass is 329 g/mol. The summed E-state index contributed by atoms with van der Waals surface area (Å²) in [5.74, 6) is 0.450. The summed E-state index contributed by atoms with van der Waals surface area (Å²) >= 11 is 0. The Labute approximate surface area is 141 Å². The van der Waals surface area contributed by atoms with Crippen molar-refractivity contribution in [2.24, 2.45) is 0 Å². The van der Waals surface area contributed by atoms with Crippen molar-refractivity contribution >= 4 is 5.91 Å². The van der Waals surface area contributed by atoms with Gasteiger partial charge in [-0.25, -0.2) is 4.79 Å². The second kappa shape index (κ2) is 7.29. The van der Waals surface area contributed by atoms with Crippen molar-refractivity contribution in [3.05, 3.63) is 58.3 Å². The van der Waals surface area contributed by atoms with E-state index in [4.69, 9.17) is 4.74 Å². The summed E-state index contributed by atoms with van der Waals surface area (Å²) in [6, 6.07) is 11.0. The molecule has 1 heterocycles. The topological polar surface area (TPSA) is 75.3 Å². The summed E-state index contributed by atoms with van der Waals surface area (Å²) in [5, 5.41) is 0. The predicted molar refractivity (Wildman–Crippen MR) is 92.5 cm³/mol. The molecule has 0 saturated carbocycles. The van der Waals surface area contributed by atoms with Gasteiger partial charge in [0.2, 0.25) is 0 Å². The highest BCUT2D eigenvalue weighted by atomic mass is 16.5. The number of hydrogen-bond acceptors (Lipinski definition) is 4. The largest absolute Gasteiger partial charge is 0.492 e. The minimum absolute atomic E-state index is 0.144. The lowest BCUT2D eigenvalue weighted by molar-refractivity contribution is 0.0767. The molecule has 1 N–H and O–H groups in total. The maximum atomic E-state index is 12.5. The molecule has 0 aliphatic heterocycles. The first-order valence-electron chi connectivity index (χ1n) is 7.82. The van der Waals surface area contributed by atoms with E-state index in [1.807, 2.05) is 51.1 Å². The van der Waals surface area contributed by atoms with Crippen LogP contribution < -0.4 is 10.4 Å². The molecule has 0 bridgehead atoms. The van der Waals surface area contributed by atoms with Crippen LogP contribution in [-0.2, 0) is 5.41 Å². The Bertz CT molecular complexity index is 748. The third kappa shape index (κ3) is 4.68. The Kier molecular flexibility index (Phi) is 5.39. The van der Waals surface area contributed by atoms with Crippen molar-refractivity contribution in [2.45, 2.75) is 26.2 Å².